The number of benzene rings is 2. The molecule has 19 heavy (non-hydrogen) atoms. The van der Waals surface area contributed by atoms with Crippen LogP contribution in [0.25, 0.3) is 0 Å². The summed E-state index contributed by atoms with van der Waals surface area (Å²) in [4.78, 5) is 0. The van der Waals surface area contributed by atoms with Crippen molar-refractivity contribution >= 4 is 0 Å². The Labute approximate surface area is 116 Å². The van der Waals surface area contributed by atoms with Crippen molar-refractivity contribution in [2.75, 3.05) is 0 Å². The molecule has 2 rings (SSSR count). The van der Waals surface area contributed by atoms with Gasteiger partial charge < -0.3 is 5.32 Å². The van der Waals surface area contributed by atoms with Crippen LogP contribution in [-0.4, -0.2) is 6.04 Å². The smallest absolute Gasteiger partial charge is 0.0210 e. The summed E-state index contributed by atoms with van der Waals surface area (Å²) in [7, 11) is 0. The highest BCUT2D eigenvalue weighted by atomic mass is 14.9. The Morgan fingerprint density at radius 1 is 0.789 bits per heavy atom. The standard InChI is InChI=1S/C18H23N/c1-15(2)19-14-18-11-7-6-10-17(18)13-12-16-8-4-3-5-9-16/h3-11,15,19H,12-14H2,1-2H3. The van der Waals surface area contributed by atoms with Gasteiger partial charge in [-0.15, -0.1) is 0 Å². The maximum atomic E-state index is 3.50. The van der Waals surface area contributed by atoms with Gasteiger partial charge in [-0.1, -0.05) is 68.4 Å². The normalized spacial score (nSPS) is 10.9. The van der Waals surface area contributed by atoms with Gasteiger partial charge in [0, 0.05) is 12.6 Å². The van der Waals surface area contributed by atoms with Crippen molar-refractivity contribution in [1.29, 1.82) is 0 Å². The van der Waals surface area contributed by atoms with Crippen molar-refractivity contribution < 1.29 is 0 Å². The molecule has 1 nitrogen and oxygen atoms in total. The molecule has 0 atom stereocenters. The van der Waals surface area contributed by atoms with E-state index < -0.39 is 0 Å². The van der Waals surface area contributed by atoms with E-state index in [-0.39, 0.29) is 0 Å². The molecule has 0 bridgehead atoms. The fraction of sp³-hybridized carbons (Fsp3) is 0.333. The highest BCUT2D eigenvalue weighted by Crippen LogP contribution is 2.12. The average molecular weight is 253 g/mol. The second-order valence-electron chi connectivity index (χ2n) is 5.29. The molecule has 0 fully saturated rings. The van der Waals surface area contributed by atoms with Crippen LogP contribution in [-0.2, 0) is 19.4 Å². The molecule has 1 heteroatoms. The monoisotopic (exact) mass is 253 g/mol. The molecule has 0 heterocycles. The Balaban J connectivity index is 1.99. The summed E-state index contributed by atoms with van der Waals surface area (Å²) in [6.45, 7) is 5.34. The van der Waals surface area contributed by atoms with Gasteiger partial charge in [-0.2, -0.15) is 0 Å². The van der Waals surface area contributed by atoms with E-state index >= 15 is 0 Å². The summed E-state index contributed by atoms with van der Waals surface area (Å²) in [5.41, 5.74) is 4.29. The molecule has 2 aromatic rings. The minimum absolute atomic E-state index is 0.530. The maximum Gasteiger partial charge on any atom is 0.0210 e. The molecule has 0 aromatic heterocycles. The lowest BCUT2D eigenvalue weighted by Crippen LogP contribution is -2.22. The third kappa shape index (κ3) is 4.53. The summed E-state index contributed by atoms with van der Waals surface area (Å²) in [6.07, 6.45) is 2.22. The molecule has 0 aliphatic carbocycles. The molecule has 0 unspecified atom stereocenters. The fourth-order valence-electron chi connectivity index (χ4n) is 2.21. The van der Waals surface area contributed by atoms with Gasteiger partial charge in [-0.25, -0.2) is 0 Å². The van der Waals surface area contributed by atoms with Gasteiger partial charge in [0.15, 0.2) is 0 Å². The van der Waals surface area contributed by atoms with Crippen LogP contribution in [0.3, 0.4) is 0 Å². The van der Waals surface area contributed by atoms with Gasteiger partial charge in [0.1, 0.15) is 0 Å². The van der Waals surface area contributed by atoms with Crippen molar-refractivity contribution in [3.8, 4) is 0 Å². The number of nitrogens with one attached hydrogen (secondary N) is 1. The summed E-state index contributed by atoms with van der Waals surface area (Å²) in [6, 6.07) is 20.0. The number of hydrogen-bond acceptors (Lipinski definition) is 1. The second-order valence-corrected chi connectivity index (χ2v) is 5.29. The first-order chi connectivity index (χ1) is 9.25. The molecule has 0 aliphatic heterocycles. The van der Waals surface area contributed by atoms with Gasteiger partial charge >= 0.3 is 0 Å². The van der Waals surface area contributed by atoms with Crippen LogP contribution >= 0.6 is 0 Å². The molecule has 100 valence electrons. The first-order valence-electron chi connectivity index (χ1n) is 7.10. The predicted molar refractivity (Wildman–Crippen MR) is 82.3 cm³/mol. The van der Waals surface area contributed by atoms with Gasteiger partial charge in [0.25, 0.3) is 0 Å². The van der Waals surface area contributed by atoms with Crippen molar-refractivity contribution in [2.45, 2.75) is 39.3 Å². The van der Waals surface area contributed by atoms with Gasteiger partial charge in [-0.3, -0.25) is 0 Å². The fourth-order valence-corrected chi connectivity index (χ4v) is 2.21. The van der Waals surface area contributed by atoms with Crippen molar-refractivity contribution in [3.63, 3.8) is 0 Å². The lowest BCUT2D eigenvalue weighted by molar-refractivity contribution is 0.586. The highest BCUT2D eigenvalue weighted by molar-refractivity contribution is 5.28. The van der Waals surface area contributed by atoms with E-state index in [9.17, 15) is 0 Å². The second kappa shape index (κ2) is 7.10. The van der Waals surface area contributed by atoms with Crippen molar-refractivity contribution in [3.05, 3.63) is 71.3 Å². The average Bonchev–Trinajstić information content (AvgIpc) is 2.45. The topological polar surface area (TPSA) is 12.0 Å². The van der Waals surface area contributed by atoms with Gasteiger partial charge in [-0.05, 0) is 29.5 Å². The van der Waals surface area contributed by atoms with Crippen LogP contribution in [0.1, 0.15) is 30.5 Å². The summed E-state index contributed by atoms with van der Waals surface area (Å²) >= 11 is 0. The van der Waals surface area contributed by atoms with E-state index in [4.69, 9.17) is 0 Å². The molecule has 0 saturated heterocycles. The zero-order chi connectivity index (χ0) is 13.5. The largest absolute Gasteiger partial charge is 0.310 e. The van der Waals surface area contributed by atoms with E-state index in [1.165, 1.54) is 16.7 Å². The molecular formula is C18H23N. The SMILES string of the molecule is CC(C)NCc1ccccc1CCc1ccccc1. The van der Waals surface area contributed by atoms with Gasteiger partial charge in [0.05, 0.1) is 0 Å². The molecule has 0 aliphatic rings. The Kier molecular flexibility index (Phi) is 5.17. The van der Waals surface area contributed by atoms with Crippen molar-refractivity contribution in [2.24, 2.45) is 0 Å². The Morgan fingerprint density at radius 2 is 1.42 bits per heavy atom. The zero-order valence-corrected chi connectivity index (χ0v) is 11.9. The Hall–Kier alpha value is -1.60. The minimum Gasteiger partial charge on any atom is -0.310 e. The van der Waals surface area contributed by atoms with Crippen molar-refractivity contribution in [1.82, 2.24) is 5.32 Å². The van der Waals surface area contributed by atoms with E-state index in [1.807, 2.05) is 0 Å². The lowest BCUT2D eigenvalue weighted by atomic mass is 9.99. The summed E-state index contributed by atoms with van der Waals surface area (Å²) in [5, 5.41) is 3.50. The number of hydrogen-bond donors (Lipinski definition) is 1. The van der Waals surface area contributed by atoms with E-state index in [0.29, 0.717) is 6.04 Å². The van der Waals surface area contributed by atoms with Gasteiger partial charge in [0.2, 0.25) is 0 Å². The van der Waals surface area contributed by atoms with E-state index in [2.05, 4.69) is 73.8 Å². The van der Waals surface area contributed by atoms with Crippen LogP contribution in [0.15, 0.2) is 54.6 Å². The molecular weight excluding hydrogens is 230 g/mol. The third-order valence-corrected chi connectivity index (χ3v) is 3.34. The molecule has 1 N–H and O–H groups in total. The quantitative estimate of drug-likeness (QED) is 0.821. The molecule has 0 radical (unpaired) electrons. The minimum atomic E-state index is 0.530. The van der Waals surface area contributed by atoms with E-state index in [0.717, 1.165) is 19.4 Å². The highest BCUT2D eigenvalue weighted by Gasteiger charge is 2.03. The Bertz CT molecular complexity index is 488. The van der Waals surface area contributed by atoms with Crippen LogP contribution in [0, 0.1) is 0 Å². The zero-order valence-electron chi connectivity index (χ0n) is 11.9. The lowest BCUT2D eigenvalue weighted by Gasteiger charge is -2.12. The number of aryl methyl sites for hydroxylation is 2. The molecule has 2 aromatic carbocycles. The maximum absolute atomic E-state index is 3.50. The first-order valence-corrected chi connectivity index (χ1v) is 7.10. The van der Waals surface area contributed by atoms with E-state index in [1.54, 1.807) is 0 Å². The molecule has 0 saturated carbocycles. The third-order valence-electron chi connectivity index (χ3n) is 3.34. The molecule has 0 amide bonds. The molecule has 0 spiro atoms. The predicted octanol–water partition coefficient (Wildman–Crippen LogP) is 3.97. The van der Waals surface area contributed by atoms with Crippen LogP contribution < -0.4 is 5.32 Å². The Morgan fingerprint density at radius 3 is 2.11 bits per heavy atom. The van der Waals surface area contributed by atoms with Crippen LogP contribution in [0.2, 0.25) is 0 Å². The first kappa shape index (κ1) is 13.8. The number of rotatable bonds is 6. The summed E-state index contributed by atoms with van der Waals surface area (Å²) in [5.74, 6) is 0. The van der Waals surface area contributed by atoms with Crippen LogP contribution in [0.4, 0.5) is 0 Å². The van der Waals surface area contributed by atoms with Crippen LogP contribution in [0.5, 0.6) is 0 Å². The summed E-state index contributed by atoms with van der Waals surface area (Å²) < 4.78 is 0.